The maximum atomic E-state index is 14.2. The van der Waals surface area contributed by atoms with Crippen LogP contribution in [0.3, 0.4) is 0 Å². The van der Waals surface area contributed by atoms with Crippen LogP contribution in [0.1, 0.15) is 28.7 Å². The van der Waals surface area contributed by atoms with E-state index in [-0.39, 0.29) is 22.0 Å². The molecule has 0 bridgehead atoms. The number of benzene rings is 2. The zero-order valence-electron chi connectivity index (χ0n) is 16.0. The Morgan fingerprint density at radius 1 is 1.20 bits per heavy atom. The van der Waals surface area contributed by atoms with Crippen molar-refractivity contribution in [2.45, 2.75) is 30.8 Å². The fourth-order valence-corrected chi connectivity index (χ4v) is 5.26. The number of allylic oxidation sites excluding steroid dienone is 2. The van der Waals surface area contributed by atoms with Crippen molar-refractivity contribution in [3.05, 3.63) is 86.4 Å². The SMILES string of the molecule is C=C(CBr)NCc1ccc(C2=CSC(c3cc(Cl)cc(Cl)c3)(C(F)(F)F)C2)cc1C. The van der Waals surface area contributed by atoms with Gasteiger partial charge in [0.05, 0.1) is 0 Å². The van der Waals surface area contributed by atoms with Crippen molar-refractivity contribution < 1.29 is 13.2 Å². The van der Waals surface area contributed by atoms with E-state index in [9.17, 15) is 13.2 Å². The molecule has 3 rings (SSSR count). The molecule has 0 aliphatic carbocycles. The van der Waals surface area contributed by atoms with Crippen LogP contribution in [0.5, 0.6) is 0 Å². The van der Waals surface area contributed by atoms with Crippen LogP contribution >= 0.6 is 50.9 Å². The van der Waals surface area contributed by atoms with Crippen LogP contribution in [0.4, 0.5) is 13.2 Å². The number of hydrogen-bond acceptors (Lipinski definition) is 2. The van der Waals surface area contributed by atoms with Gasteiger partial charge in [-0.05, 0) is 58.4 Å². The molecule has 160 valence electrons. The lowest BCUT2D eigenvalue weighted by atomic mass is 9.88. The highest BCUT2D eigenvalue weighted by atomic mass is 79.9. The molecule has 0 fully saturated rings. The molecule has 1 N–H and O–H groups in total. The van der Waals surface area contributed by atoms with Crippen LogP contribution in [0, 0.1) is 6.92 Å². The lowest BCUT2D eigenvalue weighted by molar-refractivity contribution is -0.160. The standard InChI is InChI=1S/C22H19BrCl2F3NS/c1-13-5-15(3-4-16(13)11-29-14(2)10-23)17-9-21(30-12-17,22(26,27)28)18-6-19(24)8-20(25)7-18/h3-8,12,29H,2,9-11H2,1H3. The Morgan fingerprint density at radius 3 is 2.43 bits per heavy atom. The third-order valence-corrected chi connectivity index (χ3v) is 7.56. The number of alkyl halides is 4. The first-order valence-electron chi connectivity index (χ1n) is 9.03. The molecule has 8 heteroatoms. The van der Waals surface area contributed by atoms with Gasteiger partial charge in [0.25, 0.3) is 0 Å². The smallest absolute Gasteiger partial charge is 0.384 e. The van der Waals surface area contributed by atoms with Crippen molar-refractivity contribution in [3.63, 3.8) is 0 Å². The summed E-state index contributed by atoms with van der Waals surface area (Å²) in [6.45, 7) is 6.44. The zero-order valence-corrected chi connectivity index (χ0v) is 20.0. The number of rotatable bonds is 6. The second-order valence-corrected chi connectivity index (χ2v) is 9.75. The lowest BCUT2D eigenvalue weighted by Crippen LogP contribution is -2.37. The molecular weight excluding hydrogens is 518 g/mol. The van der Waals surface area contributed by atoms with Crippen LogP contribution < -0.4 is 5.32 Å². The van der Waals surface area contributed by atoms with E-state index in [2.05, 4.69) is 27.8 Å². The number of hydrogen-bond donors (Lipinski definition) is 1. The first-order valence-corrected chi connectivity index (χ1v) is 11.8. The predicted octanol–water partition coefficient (Wildman–Crippen LogP) is 8.24. The van der Waals surface area contributed by atoms with Crippen LogP contribution in [0.25, 0.3) is 5.57 Å². The summed E-state index contributed by atoms with van der Waals surface area (Å²) >= 11 is 16.1. The first kappa shape index (κ1) is 23.6. The van der Waals surface area contributed by atoms with Gasteiger partial charge in [0.15, 0.2) is 0 Å². The van der Waals surface area contributed by atoms with Gasteiger partial charge in [0, 0.05) is 34.0 Å². The van der Waals surface area contributed by atoms with Gasteiger partial charge in [-0.25, -0.2) is 0 Å². The van der Waals surface area contributed by atoms with Gasteiger partial charge >= 0.3 is 6.18 Å². The third-order valence-electron chi connectivity index (χ3n) is 5.03. The summed E-state index contributed by atoms with van der Waals surface area (Å²) in [5.41, 5.74) is 4.42. The zero-order chi connectivity index (χ0) is 22.1. The molecular formula is C22H19BrCl2F3NS. The summed E-state index contributed by atoms with van der Waals surface area (Å²) in [7, 11) is 0. The van der Waals surface area contributed by atoms with Crippen molar-refractivity contribution in [1.29, 1.82) is 0 Å². The van der Waals surface area contributed by atoms with Crippen LogP contribution in [-0.2, 0) is 11.3 Å². The molecule has 2 aromatic rings. The van der Waals surface area contributed by atoms with E-state index in [0.717, 1.165) is 34.1 Å². The summed E-state index contributed by atoms with van der Waals surface area (Å²) in [5, 5.41) is 5.84. The summed E-state index contributed by atoms with van der Waals surface area (Å²) in [5.74, 6) is 0. The Balaban J connectivity index is 1.89. The maximum Gasteiger partial charge on any atom is 0.407 e. The molecule has 1 unspecified atom stereocenters. The Kier molecular flexibility index (Phi) is 7.22. The van der Waals surface area contributed by atoms with Crippen LogP contribution in [0.15, 0.2) is 54.1 Å². The molecule has 0 radical (unpaired) electrons. The molecule has 1 atom stereocenters. The highest BCUT2D eigenvalue weighted by Crippen LogP contribution is 2.60. The number of nitrogens with one attached hydrogen (secondary N) is 1. The maximum absolute atomic E-state index is 14.2. The summed E-state index contributed by atoms with van der Waals surface area (Å²) in [6.07, 6.45) is -4.66. The highest BCUT2D eigenvalue weighted by molar-refractivity contribution is 9.09. The molecule has 0 spiro atoms. The van der Waals surface area contributed by atoms with Gasteiger partial charge in [-0.1, -0.05) is 63.9 Å². The molecule has 30 heavy (non-hydrogen) atoms. The predicted molar refractivity (Wildman–Crippen MR) is 125 cm³/mol. The molecule has 0 saturated heterocycles. The third kappa shape index (κ3) is 4.87. The minimum atomic E-state index is -4.47. The first-order chi connectivity index (χ1) is 14.1. The van der Waals surface area contributed by atoms with E-state index in [1.54, 1.807) is 5.41 Å². The average molecular weight is 537 g/mol. The highest BCUT2D eigenvalue weighted by Gasteiger charge is 2.58. The lowest BCUT2D eigenvalue weighted by Gasteiger charge is -2.32. The van der Waals surface area contributed by atoms with Crippen LogP contribution in [0.2, 0.25) is 10.0 Å². The number of halogens is 6. The Hall–Kier alpha value is -1.08. The molecule has 1 heterocycles. The topological polar surface area (TPSA) is 12.0 Å². The van der Waals surface area contributed by atoms with Gasteiger partial charge in [0.1, 0.15) is 4.75 Å². The van der Waals surface area contributed by atoms with Gasteiger partial charge < -0.3 is 5.32 Å². The number of thioether (sulfide) groups is 1. The van der Waals surface area contributed by atoms with E-state index in [1.165, 1.54) is 18.2 Å². The molecule has 0 amide bonds. The Morgan fingerprint density at radius 2 is 1.87 bits per heavy atom. The monoisotopic (exact) mass is 535 g/mol. The molecule has 1 nitrogen and oxygen atoms in total. The van der Waals surface area contributed by atoms with Crippen molar-refractivity contribution >= 4 is 56.5 Å². The van der Waals surface area contributed by atoms with E-state index < -0.39 is 10.9 Å². The van der Waals surface area contributed by atoms with E-state index >= 15 is 0 Å². The quantitative estimate of drug-likeness (QED) is 0.373. The van der Waals surface area contributed by atoms with Crippen molar-refractivity contribution in [2.75, 3.05) is 5.33 Å². The van der Waals surface area contributed by atoms with Crippen molar-refractivity contribution in [2.24, 2.45) is 0 Å². The van der Waals surface area contributed by atoms with Gasteiger partial charge in [0.2, 0.25) is 0 Å². The largest absolute Gasteiger partial charge is 0.407 e. The van der Waals surface area contributed by atoms with Crippen molar-refractivity contribution in [3.8, 4) is 0 Å². The Labute approximate surface area is 196 Å². The molecule has 0 aromatic heterocycles. The number of aryl methyl sites for hydroxylation is 1. The van der Waals surface area contributed by atoms with Gasteiger partial charge in [-0.15, -0.1) is 11.8 Å². The Bertz CT molecular complexity index is 986. The molecule has 2 aromatic carbocycles. The van der Waals surface area contributed by atoms with E-state index in [4.69, 9.17) is 23.2 Å². The summed E-state index contributed by atoms with van der Waals surface area (Å²) < 4.78 is 40.6. The normalized spacial score (nSPS) is 19.0. The van der Waals surface area contributed by atoms with Crippen LogP contribution in [-0.4, -0.2) is 11.5 Å². The van der Waals surface area contributed by atoms with E-state index in [0.29, 0.717) is 17.4 Å². The minimum absolute atomic E-state index is 0.0644. The average Bonchev–Trinajstić information content (AvgIpc) is 3.13. The minimum Gasteiger partial charge on any atom is -0.384 e. The summed E-state index contributed by atoms with van der Waals surface area (Å²) in [4.78, 5) is 0. The molecule has 1 aliphatic heterocycles. The second-order valence-electron chi connectivity index (χ2n) is 7.15. The van der Waals surface area contributed by atoms with E-state index in [1.807, 2.05) is 25.1 Å². The second kappa shape index (κ2) is 9.19. The van der Waals surface area contributed by atoms with Gasteiger partial charge in [-0.3, -0.25) is 0 Å². The molecule has 0 saturated carbocycles. The summed E-state index contributed by atoms with van der Waals surface area (Å²) in [6, 6.07) is 9.87. The van der Waals surface area contributed by atoms with Gasteiger partial charge in [-0.2, -0.15) is 13.2 Å². The fourth-order valence-electron chi connectivity index (χ4n) is 3.34. The fraction of sp³-hybridized carbons (Fsp3) is 0.273. The van der Waals surface area contributed by atoms with Crippen molar-refractivity contribution in [1.82, 2.24) is 5.32 Å². The molecule has 1 aliphatic rings.